The Balaban J connectivity index is 1.79. The predicted octanol–water partition coefficient (Wildman–Crippen LogP) is 4.47. The van der Waals surface area contributed by atoms with Crippen LogP contribution in [0.1, 0.15) is 50.9 Å². The molecular weight excluding hydrogens is 500 g/mol. The van der Waals surface area contributed by atoms with Crippen molar-refractivity contribution in [2.45, 2.75) is 65.3 Å². The number of aryl methyl sites for hydroxylation is 1. The molecule has 0 radical (unpaired) electrons. The molecule has 1 aromatic heterocycles. The number of esters is 2. The third-order valence-corrected chi connectivity index (χ3v) is 5.57. The number of aliphatic hydroxyl groups is 1. The maximum absolute atomic E-state index is 12.2. The molecule has 9 nitrogen and oxygen atoms in total. The normalized spacial score (nSPS) is 11.9. The number of methoxy groups -OCH3 is 1. The molecule has 1 N–H and O–H groups in total. The standard InChI is InChI=1S/C30H36N2O7/c1-6-37-29(35)24(33)18-21-17-20(12-14-27(34)39-30(2,3)4)11-13-25(21)38-19-22-15-16-31-28(32-22)23-9-7-8-10-26(23)36-5/h7-11,13,15-17,24,33H,6,12,14,18-19H2,1-5H3/t24-/m1/s1. The number of benzene rings is 2. The Kier molecular flexibility index (Phi) is 10.4. The van der Waals surface area contributed by atoms with Gasteiger partial charge in [-0.25, -0.2) is 14.8 Å². The van der Waals surface area contributed by atoms with E-state index in [4.69, 9.17) is 18.9 Å². The minimum Gasteiger partial charge on any atom is -0.496 e. The summed E-state index contributed by atoms with van der Waals surface area (Å²) in [5, 5.41) is 10.4. The first-order valence-electron chi connectivity index (χ1n) is 12.9. The van der Waals surface area contributed by atoms with Crippen molar-refractivity contribution in [2.24, 2.45) is 0 Å². The van der Waals surface area contributed by atoms with Gasteiger partial charge < -0.3 is 24.1 Å². The second-order valence-corrected chi connectivity index (χ2v) is 9.86. The van der Waals surface area contributed by atoms with Gasteiger partial charge in [0.2, 0.25) is 0 Å². The first-order chi connectivity index (χ1) is 18.6. The number of carbonyl (C=O) groups is 2. The van der Waals surface area contributed by atoms with Crippen LogP contribution in [0.5, 0.6) is 11.5 Å². The van der Waals surface area contributed by atoms with E-state index in [1.165, 1.54) is 0 Å². The fraction of sp³-hybridized carbons (Fsp3) is 0.400. The molecule has 1 heterocycles. The highest BCUT2D eigenvalue weighted by Gasteiger charge is 2.21. The predicted molar refractivity (Wildman–Crippen MR) is 145 cm³/mol. The van der Waals surface area contributed by atoms with Gasteiger partial charge in [-0.2, -0.15) is 0 Å². The summed E-state index contributed by atoms with van der Waals surface area (Å²) in [5.41, 5.74) is 2.29. The van der Waals surface area contributed by atoms with Gasteiger partial charge in [-0.3, -0.25) is 4.79 Å². The lowest BCUT2D eigenvalue weighted by Crippen LogP contribution is -2.25. The fourth-order valence-corrected chi connectivity index (χ4v) is 3.84. The molecule has 3 aromatic rings. The Morgan fingerprint density at radius 1 is 1.05 bits per heavy atom. The number of ether oxygens (including phenoxy) is 4. The van der Waals surface area contributed by atoms with Gasteiger partial charge in [-0.05, 0) is 69.5 Å². The molecule has 208 valence electrons. The molecule has 3 rings (SSSR count). The molecule has 0 fully saturated rings. The number of para-hydroxylation sites is 1. The lowest BCUT2D eigenvalue weighted by Gasteiger charge is -2.19. The van der Waals surface area contributed by atoms with Crippen molar-refractivity contribution in [3.63, 3.8) is 0 Å². The Bertz CT molecular complexity index is 1270. The summed E-state index contributed by atoms with van der Waals surface area (Å²) in [6.45, 7) is 7.44. The molecule has 0 bridgehead atoms. The number of nitrogens with zero attached hydrogens (tertiary/aromatic N) is 2. The van der Waals surface area contributed by atoms with Crippen LogP contribution in [0.25, 0.3) is 11.4 Å². The summed E-state index contributed by atoms with van der Waals surface area (Å²) in [6, 6.07) is 14.7. The van der Waals surface area contributed by atoms with E-state index in [0.29, 0.717) is 35.0 Å². The Morgan fingerprint density at radius 3 is 2.54 bits per heavy atom. The summed E-state index contributed by atoms with van der Waals surface area (Å²) in [7, 11) is 1.59. The topological polar surface area (TPSA) is 117 Å². The van der Waals surface area contributed by atoms with Crippen LogP contribution < -0.4 is 9.47 Å². The van der Waals surface area contributed by atoms with Gasteiger partial charge in [0.1, 0.15) is 23.7 Å². The number of hydrogen-bond acceptors (Lipinski definition) is 9. The summed E-state index contributed by atoms with van der Waals surface area (Å²) >= 11 is 0. The van der Waals surface area contributed by atoms with Crippen LogP contribution in [0.15, 0.2) is 54.7 Å². The Morgan fingerprint density at radius 2 is 1.82 bits per heavy atom. The minimum absolute atomic E-state index is 0.00924. The number of aromatic nitrogens is 2. The lowest BCUT2D eigenvalue weighted by molar-refractivity contribution is -0.155. The van der Waals surface area contributed by atoms with Crippen LogP contribution in [0.4, 0.5) is 0 Å². The molecule has 0 saturated heterocycles. The molecule has 0 aliphatic heterocycles. The van der Waals surface area contributed by atoms with Crippen molar-refractivity contribution in [3.05, 3.63) is 71.5 Å². The largest absolute Gasteiger partial charge is 0.496 e. The van der Waals surface area contributed by atoms with Gasteiger partial charge in [-0.15, -0.1) is 0 Å². The van der Waals surface area contributed by atoms with Crippen molar-refractivity contribution in [3.8, 4) is 22.9 Å². The van der Waals surface area contributed by atoms with E-state index in [-0.39, 0.29) is 32.0 Å². The van der Waals surface area contributed by atoms with E-state index in [1.54, 1.807) is 32.4 Å². The number of hydrogen-bond donors (Lipinski definition) is 1. The second kappa shape index (κ2) is 13.7. The zero-order chi connectivity index (χ0) is 28.4. The Labute approximate surface area is 229 Å². The molecule has 1 atom stereocenters. The molecule has 39 heavy (non-hydrogen) atoms. The number of rotatable bonds is 12. The van der Waals surface area contributed by atoms with Crippen LogP contribution in [0.3, 0.4) is 0 Å². The molecule has 0 aliphatic carbocycles. The molecule has 2 aromatic carbocycles. The summed E-state index contributed by atoms with van der Waals surface area (Å²) in [5.74, 6) is 0.638. The van der Waals surface area contributed by atoms with Gasteiger partial charge in [0.25, 0.3) is 0 Å². The summed E-state index contributed by atoms with van der Waals surface area (Å²) in [6.07, 6.45) is 0.920. The molecule has 0 amide bonds. The van der Waals surface area contributed by atoms with E-state index in [2.05, 4.69) is 9.97 Å². The highest BCUT2D eigenvalue weighted by Crippen LogP contribution is 2.28. The van der Waals surface area contributed by atoms with E-state index >= 15 is 0 Å². The monoisotopic (exact) mass is 536 g/mol. The molecule has 0 unspecified atom stereocenters. The average molecular weight is 537 g/mol. The quantitative estimate of drug-likeness (QED) is 0.335. The van der Waals surface area contributed by atoms with Crippen molar-refractivity contribution in [1.29, 1.82) is 0 Å². The number of aliphatic hydroxyl groups excluding tert-OH is 1. The smallest absolute Gasteiger partial charge is 0.335 e. The maximum atomic E-state index is 12.2. The van der Waals surface area contributed by atoms with Crippen molar-refractivity contribution in [1.82, 2.24) is 9.97 Å². The molecule has 0 spiro atoms. The first-order valence-corrected chi connectivity index (χ1v) is 12.9. The molecular formula is C30H36N2O7. The van der Waals surface area contributed by atoms with Gasteiger partial charge in [0.05, 0.1) is 25.0 Å². The van der Waals surface area contributed by atoms with Crippen molar-refractivity contribution in [2.75, 3.05) is 13.7 Å². The van der Waals surface area contributed by atoms with E-state index in [9.17, 15) is 14.7 Å². The number of carbonyl (C=O) groups excluding carboxylic acids is 2. The van der Waals surface area contributed by atoms with Crippen LogP contribution in [0.2, 0.25) is 0 Å². The highest BCUT2D eigenvalue weighted by molar-refractivity contribution is 5.75. The van der Waals surface area contributed by atoms with Gasteiger partial charge in [-0.1, -0.05) is 24.3 Å². The molecule has 9 heteroatoms. The summed E-state index contributed by atoms with van der Waals surface area (Å²) in [4.78, 5) is 33.3. The average Bonchev–Trinajstić information content (AvgIpc) is 2.90. The van der Waals surface area contributed by atoms with Crippen LogP contribution >= 0.6 is 0 Å². The van der Waals surface area contributed by atoms with Crippen molar-refractivity contribution >= 4 is 11.9 Å². The zero-order valence-corrected chi connectivity index (χ0v) is 23.1. The molecule has 0 saturated carbocycles. The lowest BCUT2D eigenvalue weighted by atomic mass is 10.0. The SMILES string of the molecule is CCOC(=O)[C@H](O)Cc1cc(CCC(=O)OC(C)(C)C)ccc1OCc1ccnc(-c2ccccc2OC)n1. The maximum Gasteiger partial charge on any atom is 0.335 e. The zero-order valence-electron chi connectivity index (χ0n) is 23.1. The van der Waals surface area contributed by atoms with Crippen molar-refractivity contribution < 1.29 is 33.6 Å². The highest BCUT2D eigenvalue weighted by atomic mass is 16.6. The van der Waals surface area contributed by atoms with E-state index in [1.807, 2.05) is 57.2 Å². The Hall–Kier alpha value is -3.98. The molecule has 0 aliphatic rings. The van der Waals surface area contributed by atoms with Gasteiger partial charge >= 0.3 is 11.9 Å². The first kappa shape index (κ1) is 29.6. The fourth-order valence-electron chi connectivity index (χ4n) is 3.84. The second-order valence-electron chi connectivity index (χ2n) is 9.86. The van der Waals surface area contributed by atoms with Crippen LogP contribution in [-0.2, 0) is 38.5 Å². The van der Waals surface area contributed by atoms with E-state index < -0.39 is 17.7 Å². The third-order valence-electron chi connectivity index (χ3n) is 5.57. The van der Waals surface area contributed by atoms with Crippen LogP contribution in [0, 0.1) is 0 Å². The summed E-state index contributed by atoms with van der Waals surface area (Å²) < 4.78 is 21.9. The van der Waals surface area contributed by atoms with E-state index in [0.717, 1.165) is 11.1 Å². The van der Waals surface area contributed by atoms with Crippen LogP contribution in [-0.4, -0.2) is 52.4 Å². The minimum atomic E-state index is -1.36. The van der Waals surface area contributed by atoms with Gasteiger partial charge in [0, 0.05) is 19.0 Å². The third kappa shape index (κ3) is 9.07. The van der Waals surface area contributed by atoms with Gasteiger partial charge in [0.15, 0.2) is 11.9 Å².